The van der Waals surface area contributed by atoms with Gasteiger partial charge >= 0.3 is 0 Å². The first-order valence-corrected chi connectivity index (χ1v) is 7.24. The molecule has 0 fully saturated rings. The summed E-state index contributed by atoms with van der Waals surface area (Å²) in [7, 11) is 1.53. The fourth-order valence-corrected chi connectivity index (χ4v) is 2.41. The van der Waals surface area contributed by atoms with Gasteiger partial charge in [0.2, 0.25) is 0 Å². The van der Waals surface area contributed by atoms with Crippen LogP contribution in [0.1, 0.15) is 37.2 Å². The molecule has 2 aromatic rings. The van der Waals surface area contributed by atoms with Crippen molar-refractivity contribution in [2.24, 2.45) is 7.05 Å². The third kappa shape index (κ3) is 2.60. The summed E-state index contributed by atoms with van der Waals surface area (Å²) in [5, 5.41) is 7.98. The zero-order chi connectivity index (χ0) is 16.3. The van der Waals surface area contributed by atoms with Gasteiger partial charge in [-0.2, -0.15) is 5.10 Å². The maximum atomic E-state index is 12.6. The molecule has 0 aliphatic rings. The van der Waals surface area contributed by atoms with Gasteiger partial charge in [0.25, 0.3) is 11.5 Å². The Hall–Kier alpha value is -2.61. The van der Waals surface area contributed by atoms with Crippen LogP contribution in [0, 0.1) is 12.3 Å². The quantitative estimate of drug-likeness (QED) is 0.876. The summed E-state index contributed by atoms with van der Waals surface area (Å²) < 4.78 is 1.17. The van der Waals surface area contributed by atoms with E-state index < -0.39 is 5.54 Å². The van der Waals surface area contributed by atoms with Crippen molar-refractivity contribution >= 4 is 16.7 Å². The van der Waals surface area contributed by atoms with E-state index in [0.717, 1.165) is 0 Å². The maximum absolute atomic E-state index is 12.6. The molecule has 0 unspecified atom stereocenters. The summed E-state index contributed by atoms with van der Waals surface area (Å²) in [5.41, 5.74) is -0.727. The molecule has 0 atom stereocenters. The molecular formula is C17H19N3O2. The lowest BCUT2D eigenvalue weighted by Gasteiger charge is -2.27. The molecule has 0 spiro atoms. The predicted molar refractivity (Wildman–Crippen MR) is 86.6 cm³/mol. The van der Waals surface area contributed by atoms with Crippen LogP contribution in [0.25, 0.3) is 10.8 Å². The zero-order valence-corrected chi connectivity index (χ0v) is 13.0. The third-order valence-electron chi connectivity index (χ3n) is 4.01. The molecule has 0 aliphatic heterocycles. The molecule has 1 heterocycles. The number of aryl methyl sites for hydroxylation is 1. The van der Waals surface area contributed by atoms with E-state index in [1.54, 1.807) is 24.3 Å². The van der Waals surface area contributed by atoms with E-state index in [0.29, 0.717) is 23.6 Å². The average molecular weight is 297 g/mol. The molecule has 114 valence electrons. The molecule has 5 heteroatoms. The fourth-order valence-electron chi connectivity index (χ4n) is 2.41. The van der Waals surface area contributed by atoms with Crippen LogP contribution in [-0.2, 0) is 7.05 Å². The van der Waals surface area contributed by atoms with Gasteiger partial charge in [0.15, 0.2) is 5.69 Å². The number of fused-ring (bicyclic) bond motifs is 1. The first-order chi connectivity index (χ1) is 10.5. The summed E-state index contributed by atoms with van der Waals surface area (Å²) >= 11 is 0. The first kappa shape index (κ1) is 15.8. The van der Waals surface area contributed by atoms with Crippen LogP contribution in [0.2, 0.25) is 0 Å². The largest absolute Gasteiger partial charge is 0.334 e. The maximum Gasteiger partial charge on any atom is 0.274 e. The number of rotatable bonds is 4. The highest BCUT2D eigenvalue weighted by Crippen LogP contribution is 2.17. The van der Waals surface area contributed by atoms with Gasteiger partial charge in [-0.05, 0) is 18.9 Å². The van der Waals surface area contributed by atoms with Crippen molar-refractivity contribution in [3.8, 4) is 12.3 Å². The third-order valence-corrected chi connectivity index (χ3v) is 4.01. The topological polar surface area (TPSA) is 64.0 Å². The molecule has 1 amide bonds. The van der Waals surface area contributed by atoms with Gasteiger partial charge in [0.05, 0.1) is 5.39 Å². The van der Waals surface area contributed by atoms with Gasteiger partial charge in [0.1, 0.15) is 5.54 Å². The number of aromatic nitrogens is 2. The Morgan fingerprint density at radius 1 is 1.32 bits per heavy atom. The van der Waals surface area contributed by atoms with Crippen LogP contribution in [-0.4, -0.2) is 21.2 Å². The highest BCUT2D eigenvalue weighted by molar-refractivity contribution is 6.05. The van der Waals surface area contributed by atoms with Crippen molar-refractivity contribution in [1.82, 2.24) is 15.1 Å². The van der Waals surface area contributed by atoms with Crippen molar-refractivity contribution in [3.63, 3.8) is 0 Å². The van der Waals surface area contributed by atoms with Gasteiger partial charge in [-0.3, -0.25) is 9.59 Å². The van der Waals surface area contributed by atoms with Crippen LogP contribution in [0.5, 0.6) is 0 Å². The summed E-state index contributed by atoms with van der Waals surface area (Å²) in [5.74, 6) is 2.29. The minimum atomic E-state index is -0.700. The Morgan fingerprint density at radius 3 is 2.45 bits per heavy atom. The molecule has 1 aromatic heterocycles. The normalized spacial score (nSPS) is 11.2. The van der Waals surface area contributed by atoms with Crippen LogP contribution >= 0.6 is 0 Å². The van der Waals surface area contributed by atoms with E-state index in [2.05, 4.69) is 16.3 Å². The zero-order valence-electron chi connectivity index (χ0n) is 13.0. The number of carbonyl (C=O) groups is 1. The van der Waals surface area contributed by atoms with Gasteiger partial charge in [-0.25, -0.2) is 4.68 Å². The summed E-state index contributed by atoms with van der Waals surface area (Å²) in [6.07, 6.45) is 6.82. The minimum absolute atomic E-state index is 0.208. The van der Waals surface area contributed by atoms with Crippen LogP contribution in [0.3, 0.4) is 0 Å². The van der Waals surface area contributed by atoms with E-state index >= 15 is 0 Å². The SMILES string of the molecule is C#CC(CC)(CC)NC(=O)c1nn(C)c(=O)c2ccccc12. The van der Waals surface area contributed by atoms with Crippen molar-refractivity contribution < 1.29 is 4.79 Å². The van der Waals surface area contributed by atoms with Crippen molar-refractivity contribution in [1.29, 1.82) is 0 Å². The fraction of sp³-hybridized carbons (Fsp3) is 0.353. The van der Waals surface area contributed by atoms with Gasteiger partial charge in [-0.1, -0.05) is 38.0 Å². The molecule has 22 heavy (non-hydrogen) atoms. The lowest BCUT2D eigenvalue weighted by molar-refractivity contribution is 0.0911. The molecule has 0 bridgehead atoms. The summed E-state index contributed by atoms with van der Waals surface area (Å²) in [4.78, 5) is 24.7. The van der Waals surface area contributed by atoms with Crippen LogP contribution < -0.4 is 10.9 Å². The number of amides is 1. The molecule has 1 aromatic carbocycles. The number of carbonyl (C=O) groups excluding carboxylic acids is 1. The van der Waals surface area contributed by atoms with Crippen molar-refractivity contribution in [2.75, 3.05) is 0 Å². The summed E-state index contributed by atoms with van der Waals surface area (Å²) in [6, 6.07) is 6.93. The molecular weight excluding hydrogens is 278 g/mol. The predicted octanol–water partition coefficient (Wildman–Crippen LogP) is 1.86. The number of hydrogen-bond donors (Lipinski definition) is 1. The van der Waals surface area contributed by atoms with Gasteiger partial charge in [-0.15, -0.1) is 6.42 Å². The number of hydrogen-bond acceptors (Lipinski definition) is 3. The number of nitrogens with zero attached hydrogens (tertiary/aromatic N) is 2. The average Bonchev–Trinajstić information content (AvgIpc) is 2.56. The molecule has 5 nitrogen and oxygen atoms in total. The van der Waals surface area contributed by atoms with E-state index in [-0.39, 0.29) is 17.2 Å². The Morgan fingerprint density at radius 2 is 1.91 bits per heavy atom. The van der Waals surface area contributed by atoms with E-state index in [4.69, 9.17) is 6.42 Å². The van der Waals surface area contributed by atoms with E-state index in [1.807, 2.05) is 13.8 Å². The number of nitrogens with one attached hydrogen (secondary N) is 1. The van der Waals surface area contributed by atoms with Gasteiger partial charge in [0, 0.05) is 12.4 Å². The highest BCUT2D eigenvalue weighted by atomic mass is 16.2. The Balaban J connectivity index is 2.56. The molecule has 0 aliphatic carbocycles. The number of terminal acetylenes is 1. The molecule has 2 rings (SSSR count). The Bertz CT molecular complexity index is 811. The second-order valence-electron chi connectivity index (χ2n) is 5.21. The van der Waals surface area contributed by atoms with Crippen molar-refractivity contribution in [3.05, 3.63) is 40.3 Å². The minimum Gasteiger partial charge on any atom is -0.334 e. The standard InChI is InChI=1S/C17H19N3O2/c1-5-17(6-2,7-3)18-15(21)14-12-10-8-9-11-13(12)16(22)20(4)19-14/h1,8-11H,6-7H2,2-4H3,(H,18,21). The Kier molecular flexibility index (Phi) is 4.32. The van der Waals surface area contributed by atoms with Crippen molar-refractivity contribution in [2.45, 2.75) is 32.2 Å². The second kappa shape index (κ2) is 6.02. The van der Waals surface area contributed by atoms with Crippen LogP contribution in [0.4, 0.5) is 0 Å². The molecule has 0 radical (unpaired) electrons. The molecule has 0 saturated heterocycles. The Labute approximate surface area is 129 Å². The van der Waals surface area contributed by atoms with Crippen LogP contribution in [0.15, 0.2) is 29.1 Å². The first-order valence-electron chi connectivity index (χ1n) is 7.24. The van der Waals surface area contributed by atoms with Gasteiger partial charge < -0.3 is 5.32 Å². The number of benzene rings is 1. The van der Waals surface area contributed by atoms with E-state index in [1.165, 1.54) is 11.7 Å². The molecule has 1 N–H and O–H groups in total. The smallest absolute Gasteiger partial charge is 0.274 e. The monoisotopic (exact) mass is 297 g/mol. The van der Waals surface area contributed by atoms with E-state index in [9.17, 15) is 9.59 Å². The second-order valence-corrected chi connectivity index (χ2v) is 5.21. The molecule has 0 saturated carbocycles. The summed E-state index contributed by atoms with van der Waals surface area (Å²) in [6.45, 7) is 3.85. The lowest BCUT2D eigenvalue weighted by Crippen LogP contribution is -2.47. The highest BCUT2D eigenvalue weighted by Gasteiger charge is 2.27. The lowest BCUT2D eigenvalue weighted by atomic mass is 9.93.